The van der Waals surface area contributed by atoms with E-state index in [1.807, 2.05) is 11.9 Å². The number of esters is 1. The largest absolute Gasteiger partial charge is 0.454 e. The molecule has 0 spiro atoms. The Morgan fingerprint density at radius 3 is 2.77 bits per heavy atom. The van der Waals surface area contributed by atoms with Crippen molar-refractivity contribution in [3.8, 4) is 0 Å². The van der Waals surface area contributed by atoms with Gasteiger partial charge in [-0.25, -0.2) is 14.8 Å². The summed E-state index contributed by atoms with van der Waals surface area (Å²) in [6, 6.07) is 0.328. The molecule has 0 radical (unpaired) electrons. The van der Waals surface area contributed by atoms with Crippen LogP contribution in [0.15, 0.2) is 15.6 Å². The standard InChI is InChI=1S/C20H26N5O5S/c1-12-21-16(11-29-12)19(26)30-14-9-25(10-14)20-22-15-5-8-31(27)17(15)18(23-20)24(2)13-3-6-28-7-4-13/h11,13-14,27H,3-10H2,1-2H3/q+1. The number of fused-ring (bicyclic) bond motifs is 1. The van der Waals surface area contributed by atoms with Crippen LogP contribution in [0.2, 0.25) is 0 Å². The highest BCUT2D eigenvalue weighted by Gasteiger charge is 2.42. The van der Waals surface area contributed by atoms with Crippen LogP contribution in [-0.4, -0.2) is 76.7 Å². The monoisotopic (exact) mass is 448 g/mol. The van der Waals surface area contributed by atoms with Crippen molar-refractivity contribution in [2.45, 2.75) is 43.2 Å². The first kappa shape index (κ1) is 20.5. The van der Waals surface area contributed by atoms with E-state index >= 15 is 0 Å². The van der Waals surface area contributed by atoms with E-state index in [0.717, 1.165) is 48.9 Å². The van der Waals surface area contributed by atoms with Crippen molar-refractivity contribution >= 4 is 28.9 Å². The number of hydrogen-bond donors (Lipinski definition) is 1. The second-order valence-corrected chi connectivity index (χ2v) is 9.63. The predicted octanol–water partition coefficient (Wildman–Crippen LogP) is 1.44. The van der Waals surface area contributed by atoms with Crippen LogP contribution in [0.25, 0.3) is 0 Å². The molecule has 11 heteroatoms. The molecule has 0 aliphatic carbocycles. The third-order valence-electron chi connectivity index (χ3n) is 5.98. The molecule has 31 heavy (non-hydrogen) atoms. The van der Waals surface area contributed by atoms with E-state index in [9.17, 15) is 9.35 Å². The Kier molecular flexibility index (Phi) is 5.49. The number of carbonyl (C=O) groups is 1. The fraction of sp³-hybridized carbons (Fsp3) is 0.600. The van der Waals surface area contributed by atoms with Gasteiger partial charge < -0.3 is 23.7 Å². The van der Waals surface area contributed by atoms with E-state index in [1.165, 1.54) is 6.26 Å². The summed E-state index contributed by atoms with van der Waals surface area (Å²) in [6.07, 6.45) is 3.68. The number of ether oxygens (including phenoxy) is 2. The fourth-order valence-corrected chi connectivity index (χ4v) is 5.56. The van der Waals surface area contributed by atoms with Gasteiger partial charge in [0.1, 0.15) is 18.1 Å². The number of aromatic nitrogens is 3. The van der Waals surface area contributed by atoms with Gasteiger partial charge in [0, 0.05) is 39.6 Å². The van der Waals surface area contributed by atoms with Crippen LogP contribution in [-0.2, 0) is 27.1 Å². The number of rotatable bonds is 5. The number of aryl methyl sites for hydroxylation is 2. The number of nitrogens with zero attached hydrogens (tertiary/aromatic N) is 5. The lowest BCUT2D eigenvalue weighted by molar-refractivity contribution is 0.0224. The van der Waals surface area contributed by atoms with Gasteiger partial charge in [-0.1, -0.05) is 0 Å². The highest BCUT2D eigenvalue weighted by atomic mass is 32.2. The minimum atomic E-state index is -0.825. The van der Waals surface area contributed by atoms with E-state index in [1.54, 1.807) is 6.92 Å². The summed E-state index contributed by atoms with van der Waals surface area (Å²) in [4.78, 5) is 30.8. The van der Waals surface area contributed by atoms with Crippen LogP contribution in [0.4, 0.5) is 11.8 Å². The van der Waals surface area contributed by atoms with Crippen molar-refractivity contribution in [3.05, 3.63) is 23.5 Å². The molecule has 0 amide bonds. The minimum absolute atomic E-state index is 0.181. The van der Waals surface area contributed by atoms with Crippen LogP contribution in [0.1, 0.15) is 34.9 Å². The normalized spacial score (nSPS) is 21.6. The second-order valence-electron chi connectivity index (χ2n) is 8.08. The zero-order valence-electron chi connectivity index (χ0n) is 17.6. The third-order valence-corrected chi connectivity index (χ3v) is 7.46. The number of hydrogen-bond acceptors (Lipinski definition) is 10. The molecule has 1 N–H and O–H groups in total. The second kappa shape index (κ2) is 8.29. The van der Waals surface area contributed by atoms with Crippen LogP contribution in [0, 0.1) is 6.92 Å². The summed E-state index contributed by atoms with van der Waals surface area (Å²) in [5.74, 6) is 2.07. The minimum Gasteiger partial charge on any atom is -0.454 e. The average Bonchev–Trinajstić information content (AvgIpc) is 3.35. The number of oxazole rings is 1. The highest BCUT2D eigenvalue weighted by Crippen LogP contribution is 2.36. The molecular formula is C20H26N5O5S+. The first-order valence-corrected chi connectivity index (χ1v) is 11.8. The van der Waals surface area contributed by atoms with Crippen molar-refractivity contribution in [3.63, 3.8) is 0 Å². The van der Waals surface area contributed by atoms with Gasteiger partial charge in [0.05, 0.1) is 13.1 Å². The van der Waals surface area contributed by atoms with Crippen molar-refractivity contribution in [2.75, 3.05) is 48.9 Å². The molecule has 2 aromatic rings. The lowest BCUT2D eigenvalue weighted by atomic mass is 10.1. The van der Waals surface area contributed by atoms with Gasteiger partial charge >= 0.3 is 5.97 Å². The Labute approximate surface area is 183 Å². The Morgan fingerprint density at radius 1 is 1.29 bits per heavy atom. The maximum Gasteiger partial charge on any atom is 0.360 e. The molecular weight excluding hydrogens is 422 g/mol. The van der Waals surface area contributed by atoms with Gasteiger partial charge in [-0.05, 0) is 12.8 Å². The zero-order chi connectivity index (χ0) is 21.5. The molecule has 1 unspecified atom stereocenters. The quantitative estimate of drug-likeness (QED) is 0.532. The van der Waals surface area contributed by atoms with E-state index in [2.05, 4.69) is 9.88 Å². The van der Waals surface area contributed by atoms with Crippen molar-refractivity contribution in [1.82, 2.24) is 15.0 Å². The Morgan fingerprint density at radius 2 is 2.06 bits per heavy atom. The molecule has 5 rings (SSSR count). The third kappa shape index (κ3) is 3.97. The van der Waals surface area contributed by atoms with E-state index in [4.69, 9.17) is 23.9 Å². The number of anilines is 2. The van der Waals surface area contributed by atoms with Gasteiger partial charge in [-0.15, -0.1) is 0 Å². The molecule has 0 bridgehead atoms. The maximum absolute atomic E-state index is 12.2. The molecule has 5 heterocycles. The average molecular weight is 449 g/mol. The maximum atomic E-state index is 12.2. The van der Waals surface area contributed by atoms with Crippen LogP contribution in [0.3, 0.4) is 0 Å². The molecule has 3 aliphatic heterocycles. The van der Waals surface area contributed by atoms with E-state index in [-0.39, 0.29) is 11.8 Å². The zero-order valence-corrected chi connectivity index (χ0v) is 18.4. The van der Waals surface area contributed by atoms with Crippen LogP contribution in [0.5, 0.6) is 0 Å². The molecule has 166 valence electrons. The van der Waals surface area contributed by atoms with Gasteiger partial charge in [-0.3, -0.25) is 0 Å². The molecule has 10 nitrogen and oxygen atoms in total. The molecule has 1 atom stereocenters. The number of carbonyl (C=O) groups excluding carboxylic acids is 1. The Balaban J connectivity index is 1.31. The lowest BCUT2D eigenvalue weighted by Gasteiger charge is -2.39. The summed E-state index contributed by atoms with van der Waals surface area (Å²) in [6.45, 7) is 4.20. The smallest absolute Gasteiger partial charge is 0.360 e. The first-order valence-electron chi connectivity index (χ1n) is 10.5. The summed E-state index contributed by atoms with van der Waals surface area (Å²) in [5.41, 5.74) is 1.10. The van der Waals surface area contributed by atoms with Gasteiger partial charge in [0.2, 0.25) is 5.95 Å². The van der Waals surface area contributed by atoms with Crippen molar-refractivity contribution in [2.24, 2.45) is 0 Å². The van der Waals surface area contributed by atoms with Gasteiger partial charge in [-0.2, -0.15) is 9.54 Å². The molecule has 3 aliphatic rings. The predicted molar refractivity (Wildman–Crippen MR) is 114 cm³/mol. The SMILES string of the molecule is Cc1nc(C(=O)OC2CN(c3nc4c(c(N(C)C5CCOCC5)n3)[S+](O)CC4)C2)co1. The Hall–Kier alpha value is -2.37. The van der Waals surface area contributed by atoms with Gasteiger partial charge in [0.15, 0.2) is 34.3 Å². The molecule has 0 saturated carbocycles. The first-order chi connectivity index (χ1) is 15.0. The highest BCUT2D eigenvalue weighted by molar-refractivity contribution is 7.92. The van der Waals surface area contributed by atoms with Gasteiger partial charge in [0.25, 0.3) is 4.90 Å². The summed E-state index contributed by atoms with van der Waals surface area (Å²) in [7, 11) is 2.04. The van der Waals surface area contributed by atoms with Crippen molar-refractivity contribution in [1.29, 1.82) is 0 Å². The fourth-order valence-electron chi connectivity index (χ4n) is 4.15. The molecule has 2 fully saturated rings. The van der Waals surface area contributed by atoms with Crippen molar-refractivity contribution < 1.29 is 23.2 Å². The topological polar surface area (TPSA) is 114 Å². The Bertz CT molecular complexity index is 973. The molecule has 0 aromatic carbocycles. The summed E-state index contributed by atoms with van der Waals surface area (Å²) < 4.78 is 26.6. The van der Waals surface area contributed by atoms with Crippen LogP contribution >= 0.6 is 0 Å². The van der Waals surface area contributed by atoms with E-state index < -0.39 is 17.1 Å². The molecule has 2 saturated heterocycles. The van der Waals surface area contributed by atoms with Crippen LogP contribution < -0.4 is 9.80 Å². The lowest BCUT2D eigenvalue weighted by Crippen LogP contribution is -2.54. The molecule has 2 aromatic heterocycles. The summed E-state index contributed by atoms with van der Waals surface area (Å²) >= 11 is -0.825. The summed E-state index contributed by atoms with van der Waals surface area (Å²) in [5, 5.41) is 0. The van der Waals surface area contributed by atoms with E-state index in [0.29, 0.717) is 36.7 Å².